The SMILES string of the molecule is CCCCCCCCCCCCCCC(N=[N+]=[N-])C(=O)O. The van der Waals surface area contributed by atoms with Crippen LogP contribution in [0.3, 0.4) is 0 Å². The van der Waals surface area contributed by atoms with Gasteiger partial charge in [0.1, 0.15) is 6.04 Å². The molecule has 0 radical (unpaired) electrons. The first-order valence-corrected chi connectivity index (χ1v) is 8.49. The first kappa shape index (κ1) is 19.8. The molecule has 5 nitrogen and oxygen atoms in total. The van der Waals surface area contributed by atoms with Crippen molar-refractivity contribution < 1.29 is 9.90 Å². The van der Waals surface area contributed by atoms with Crippen LogP contribution in [0, 0.1) is 0 Å². The molecule has 0 aliphatic heterocycles. The number of aliphatic carboxylic acids is 1. The molecule has 0 aliphatic carbocycles. The van der Waals surface area contributed by atoms with Gasteiger partial charge in [-0.2, -0.15) is 0 Å². The maximum absolute atomic E-state index is 10.8. The van der Waals surface area contributed by atoms with E-state index < -0.39 is 12.0 Å². The number of unbranched alkanes of at least 4 members (excludes halogenated alkanes) is 11. The fourth-order valence-corrected chi connectivity index (χ4v) is 2.47. The van der Waals surface area contributed by atoms with Crippen LogP contribution in [-0.2, 0) is 4.79 Å². The Bertz CT molecular complexity index is 300. The van der Waals surface area contributed by atoms with Crippen molar-refractivity contribution in [3.8, 4) is 0 Å². The summed E-state index contributed by atoms with van der Waals surface area (Å²) in [6, 6.07) is -0.891. The van der Waals surface area contributed by atoms with Crippen LogP contribution < -0.4 is 0 Å². The summed E-state index contributed by atoms with van der Waals surface area (Å²) >= 11 is 0. The monoisotopic (exact) mass is 297 g/mol. The highest BCUT2D eigenvalue weighted by Gasteiger charge is 2.14. The molecule has 21 heavy (non-hydrogen) atoms. The summed E-state index contributed by atoms with van der Waals surface area (Å²) in [4.78, 5) is 13.3. The molecule has 0 spiro atoms. The second-order valence-corrected chi connectivity index (χ2v) is 5.74. The molecule has 0 amide bonds. The Kier molecular flexibility index (Phi) is 14.3. The molecule has 5 heteroatoms. The van der Waals surface area contributed by atoms with Crippen LogP contribution in [0.25, 0.3) is 10.4 Å². The number of hydrogen-bond acceptors (Lipinski definition) is 2. The third-order valence-corrected chi connectivity index (χ3v) is 3.81. The average molecular weight is 297 g/mol. The van der Waals surface area contributed by atoms with Gasteiger partial charge in [0, 0.05) is 4.91 Å². The van der Waals surface area contributed by atoms with Crippen LogP contribution >= 0.6 is 0 Å². The van der Waals surface area contributed by atoms with Gasteiger partial charge in [0.2, 0.25) is 0 Å². The minimum absolute atomic E-state index is 0.455. The standard InChI is InChI=1S/C16H31N3O2/c1-2-3-4-5-6-7-8-9-10-11-12-13-14-15(16(20)21)18-19-17/h15H,2-14H2,1H3,(H,20,21). The molecular formula is C16H31N3O2. The number of hydrogen-bond donors (Lipinski definition) is 1. The molecular weight excluding hydrogens is 266 g/mol. The summed E-state index contributed by atoms with van der Waals surface area (Å²) in [5.41, 5.74) is 8.27. The van der Waals surface area contributed by atoms with E-state index in [-0.39, 0.29) is 0 Å². The van der Waals surface area contributed by atoms with E-state index in [0.29, 0.717) is 6.42 Å². The Morgan fingerprint density at radius 1 is 0.952 bits per heavy atom. The third-order valence-electron chi connectivity index (χ3n) is 3.81. The zero-order valence-corrected chi connectivity index (χ0v) is 13.5. The fraction of sp³-hybridized carbons (Fsp3) is 0.938. The smallest absolute Gasteiger partial charge is 0.312 e. The van der Waals surface area contributed by atoms with Crippen LogP contribution in [0.1, 0.15) is 90.4 Å². The molecule has 0 aromatic heterocycles. The second kappa shape index (κ2) is 15.2. The van der Waals surface area contributed by atoms with Crippen molar-refractivity contribution in [1.29, 1.82) is 0 Å². The first-order chi connectivity index (χ1) is 10.2. The summed E-state index contributed by atoms with van der Waals surface area (Å²) < 4.78 is 0. The summed E-state index contributed by atoms with van der Waals surface area (Å²) in [5.74, 6) is -1.02. The van der Waals surface area contributed by atoms with Crippen molar-refractivity contribution in [2.75, 3.05) is 0 Å². The van der Waals surface area contributed by atoms with E-state index in [0.717, 1.165) is 19.3 Å². The molecule has 0 aromatic carbocycles. The van der Waals surface area contributed by atoms with Crippen molar-refractivity contribution >= 4 is 5.97 Å². The molecule has 0 saturated carbocycles. The Morgan fingerprint density at radius 2 is 1.38 bits per heavy atom. The molecule has 0 aromatic rings. The van der Waals surface area contributed by atoms with E-state index in [2.05, 4.69) is 16.9 Å². The topological polar surface area (TPSA) is 86.1 Å². The first-order valence-electron chi connectivity index (χ1n) is 8.49. The molecule has 1 unspecified atom stereocenters. The van der Waals surface area contributed by atoms with E-state index in [1.54, 1.807) is 0 Å². The van der Waals surface area contributed by atoms with Crippen molar-refractivity contribution in [2.24, 2.45) is 5.11 Å². The highest BCUT2D eigenvalue weighted by molar-refractivity contribution is 5.73. The minimum Gasteiger partial charge on any atom is -0.481 e. The van der Waals surface area contributed by atoms with Crippen molar-refractivity contribution in [3.05, 3.63) is 10.4 Å². The van der Waals surface area contributed by atoms with Crippen LogP contribution in [-0.4, -0.2) is 17.1 Å². The number of azide groups is 1. The van der Waals surface area contributed by atoms with E-state index in [4.69, 9.17) is 10.6 Å². The summed E-state index contributed by atoms with van der Waals surface area (Å²) in [7, 11) is 0. The predicted octanol–water partition coefficient (Wildman–Crippen LogP) is 5.84. The lowest BCUT2D eigenvalue weighted by Crippen LogP contribution is -2.16. The van der Waals surface area contributed by atoms with E-state index in [1.165, 1.54) is 57.8 Å². The number of nitrogens with zero attached hydrogens (tertiary/aromatic N) is 3. The highest BCUT2D eigenvalue weighted by Crippen LogP contribution is 2.13. The zero-order valence-electron chi connectivity index (χ0n) is 13.5. The van der Waals surface area contributed by atoms with Gasteiger partial charge < -0.3 is 5.11 Å². The van der Waals surface area contributed by atoms with Crippen molar-refractivity contribution in [2.45, 2.75) is 96.4 Å². The lowest BCUT2D eigenvalue weighted by molar-refractivity contribution is -0.138. The molecule has 122 valence electrons. The minimum atomic E-state index is -1.02. The number of carbonyl (C=O) groups is 1. The van der Waals surface area contributed by atoms with Gasteiger partial charge in [0.25, 0.3) is 0 Å². The van der Waals surface area contributed by atoms with Gasteiger partial charge in [-0.15, -0.1) is 0 Å². The zero-order chi connectivity index (χ0) is 15.8. The molecule has 0 saturated heterocycles. The number of carboxylic acid groups (broad SMARTS) is 1. The normalized spacial score (nSPS) is 11.9. The Morgan fingerprint density at radius 3 is 1.76 bits per heavy atom. The van der Waals surface area contributed by atoms with Crippen LogP contribution in [0.2, 0.25) is 0 Å². The molecule has 0 heterocycles. The quantitative estimate of drug-likeness (QED) is 0.178. The summed E-state index contributed by atoms with van der Waals surface area (Å²) in [5, 5.41) is 12.1. The van der Waals surface area contributed by atoms with Gasteiger partial charge in [-0.05, 0) is 12.0 Å². The van der Waals surface area contributed by atoms with Crippen molar-refractivity contribution in [1.82, 2.24) is 0 Å². The van der Waals surface area contributed by atoms with Crippen LogP contribution in [0.4, 0.5) is 0 Å². The molecule has 0 bridgehead atoms. The van der Waals surface area contributed by atoms with Gasteiger partial charge in [0.05, 0.1) is 0 Å². The maximum atomic E-state index is 10.8. The fourth-order valence-electron chi connectivity index (χ4n) is 2.47. The Hall–Kier alpha value is -1.22. The van der Waals surface area contributed by atoms with Gasteiger partial charge >= 0.3 is 5.97 Å². The Balaban J connectivity index is 3.28. The largest absolute Gasteiger partial charge is 0.481 e. The summed E-state index contributed by atoms with van der Waals surface area (Å²) in [6.07, 6.45) is 15.5. The average Bonchev–Trinajstić information content (AvgIpc) is 2.47. The number of rotatable bonds is 15. The highest BCUT2D eigenvalue weighted by atomic mass is 16.4. The lowest BCUT2D eigenvalue weighted by atomic mass is 10.0. The molecule has 0 fully saturated rings. The van der Waals surface area contributed by atoms with E-state index in [1.807, 2.05) is 0 Å². The third kappa shape index (κ3) is 13.5. The molecule has 1 N–H and O–H groups in total. The van der Waals surface area contributed by atoms with Gasteiger partial charge in [-0.1, -0.05) is 89.1 Å². The van der Waals surface area contributed by atoms with Gasteiger partial charge in [0.15, 0.2) is 0 Å². The molecule has 1 atom stereocenters. The predicted molar refractivity (Wildman–Crippen MR) is 86.3 cm³/mol. The molecule has 0 aliphatic rings. The van der Waals surface area contributed by atoms with Crippen molar-refractivity contribution in [3.63, 3.8) is 0 Å². The lowest BCUT2D eigenvalue weighted by Gasteiger charge is -2.05. The Labute approximate surface area is 128 Å². The van der Waals surface area contributed by atoms with E-state index >= 15 is 0 Å². The maximum Gasteiger partial charge on any atom is 0.312 e. The second-order valence-electron chi connectivity index (χ2n) is 5.74. The van der Waals surface area contributed by atoms with E-state index in [9.17, 15) is 4.79 Å². The summed E-state index contributed by atoms with van der Waals surface area (Å²) in [6.45, 7) is 2.24. The van der Waals surface area contributed by atoms with Crippen LogP contribution in [0.5, 0.6) is 0 Å². The molecule has 0 rings (SSSR count). The van der Waals surface area contributed by atoms with Gasteiger partial charge in [-0.25, -0.2) is 0 Å². The number of carboxylic acids is 1. The van der Waals surface area contributed by atoms with Gasteiger partial charge in [-0.3, -0.25) is 4.79 Å². The van der Waals surface area contributed by atoms with Crippen LogP contribution in [0.15, 0.2) is 5.11 Å².